The Morgan fingerprint density at radius 3 is 3.12 bits per heavy atom. The summed E-state index contributed by atoms with van der Waals surface area (Å²) in [7, 11) is 1.61. The van der Waals surface area contributed by atoms with Gasteiger partial charge in [0.15, 0.2) is 0 Å². The fourth-order valence-electron chi connectivity index (χ4n) is 1.47. The van der Waals surface area contributed by atoms with Crippen LogP contribution in [0.5, 0.6) is 5.88 Å². The third-order valence-corrected chi connectivity index (χ3v) is 2.33. The van der Waals surface area contributed by atoms with Crippen molar-refractivity contribution in [1.82, 2.24) is 20.2 Å². The van der Waals surface area contributed by atoms with E-state index < -0.39 is 0 Å². The van der Waals surface area contributed by atoms with E-state index in [0.29, 0.717) is 5.88 Å². The first-order valence-corrected chi connectivity index (χ1v) is 5.46. The Balaban J connectivity index is 1.74. The lowest BCUT2D eigenvalue weighted by molar-refractivity contribution is 0.398. The zero-order valence-electron chi connectivity index (χ0n) is 9.68. The minimum absolute atomic E-state index is 0.616. The molecule has 2 heterocycles. The molecular weight excluding hydrogens is 218 g/mol. The van der Waals surface area contributed by atoms with Crippen molar-refractivity contribution in [3.8, 4) is 5.88 Å². The minimum atomic E-state index is 0.616. The molecule has 2 aromatic heterocycles. The Labute approximate surface area is 99.4 Å². The molecule has 0 aliphatic carbocycles. The van der Waals surface area contributed by atoms with Crippen molar-refractivity contribution in [2.24, 2.45) is 0 Å². The Morgan fingerprint density at radius 2 is 2.35 bits per heavy atom. The molecule has 6 nitrogen and oxygen atoms in total. The van der Waals surface area contributed by atoms with Gasteiger partial charge in [-0.3, -0.25) is 5.10 Å². The molecule has 2 rings (SSSR count). The fourth-order valence-corrected chi connectivity index (χ4v) is 1.47. The Hall–Kier alpha value is -2.11. The van der Waals surface area contributed by atoms with E-state index >= 15 is 0 Å². The number of H-pyrrole nitrogens is 1. The second-order valence-corrected chi connectivity index (χ2v) is 3.55. The molecule has 6 heteroatoms. The first kappa shape index (κ1) is 11.4. The zero-order chi connectivity index (χ0) is 11.9. The van der Waals surface area contributed by atoms with Crippen LogP contribution in [0.4, 0.5) is 5.69 Å². The molecule has 2 aromatic rings. The molecule has 0 unspecified atom stereocenters. The number of aryl methyl sites for hydroxylation is 1. The Kier molecular flexibility index (Phi) is 3.90. The largest absolute Gasteiger partial charge is 0.481 e. The van der Waals surface area contributed by atoms with Crippen molar-refractivity contribution < 1.29 is 4.74 Å². The average Bonchev–Trinajstić information content (AvgIpc) is 2.88. The number of aromatic amines is 1. The van der Waals surface area contributed by atoms with E-state index in [1.54, 1.807) is 13.3 Å². The summed E-state index contributed by atoms with van der Waals surface area (Å²) in [5, 5.41) is 9.94. The summed E-state index contributed by atoms with van der Waals surface area (Å²) in [6.45, 7) is 0.869. The number of ether oxygens (including phenoxy) is 1. The quantitative estimate of drug-likeness (QED) is 0.734. The van der Waals surface area contributed by atoms with Gasteiger partial charge in [-0.2, -0.15) is 5.10 Å². The van der Waals surface area contributed by atoms with E-state index in [0.717, 1.165) is 30.9 Å². The third-order valence-electron chi connectivity index (χ3n) is 2.33. The molecule has 2 N–H and O–H groups in total. The van der Waals surface area contributed by atoms with Crippen LogP contribution in [0.25, 0.3) is 0 Å². The number of nitrogens with zero attached hydrogens (tertiary/aromatic N) is 3. The normalized spacial score (nSPS) is 10.2. The predicted molar refractivity (Wildman–Crippen MR) is 64.0 cm³/mol. The minimum Gasteiger partial charge on any atom is -0.481 e. The summed E-state index contributed by atoms with van der Waals surface area (Å²) < 4.78 is 5.05. The number of hydrogen-bond donors (Lipinski definition) is 2. The zero-order valence-corrected chi connectivity index (χ0v) is 9.68. The maximum atomic E-state index is 5.05. The average molecular weight is 233 g/mol. The molecule has 0 saturated carbocycles. The van der Waals surface area contributed by atoms with Gasteiger partial charge in [0.1, 0.15) is 12.2 Å². The van der Waals surface area contributed by atoms with Crippen LogP contribution in [-0.4, -0.2) is 33.8 Å². The molecule has 0 atom stereocenters. The van der Waals surface area contributed by atoms with Gasteiger partial charge in [0.05, 0.1) is 7.11 Å². The van der Waals surface area contributed by atoms with Crippen LogP contribution in [0.3, 0.4) is 0 Å². The van der Waals surface area contributed by atoms with Crippen LogP contribution in [0.2, 0.25) is 0 Å². The van der Waals surface area contributed by atoms with Gasteiger partial charge >= 0.3 is 0 Å². The van der Waals surface area contributed by atoms with Gasteiger partial charge < -0.3 is 10.1 Å². The SMILES string of the molecule is COc1cc(NCCCc2ncn[nH]2)ccn1. The molecule has 0 bridgehead atoms. The summed E-state index contributed by atoms with van der Waals surface area (Å²) in [4.78, 5) is 8.11. The van der Waals surface area contributed by atoms with Gasteiger partial charge in [0.2, 0.25) is 5.88 Å². The van der Waals surface area contributed by atoms with Crippen LogP contribution >= 0.6 is 0 Å². The van der Waals surface area contributed by atoms with Gasteiger partial charge in [-0.1, -0.05) is 0 Å². The molecule has 0 amide bonds. The van der Waals surface area contributed by atoms with Crippen LogP contribution in [-0.2, 0) is 6.42 Å². The van der Waals surface area contributed by atoms with E-state index in [4.69, 9.17) is 4.74 Å². The second kappa shape index (κ2) is 5.83. The number of aromatic nitrogens is 4. The highest BCUT2D eigenvalue weighted by molar-refractivity contribution is 5.44. The lowest BCUT2D eigenvalue weighted by Crippen LogP contribution is -2.04. The summed E-state index contributed by atoms with van der Waals surface area (Å²) >= 11 is 0. The van der Waals surface area contributed by atoms with Crippen LogP contribution in [0.1, 0.15) is 12.2 Å². The fraction of sp³-hybridized carbons (Fsp3) is 0.364. The van der Waals surface area contributed by atoms with E-state index in [1.807, 2.05) is 12.1 Å². The molecule has 90 valence electrons. The number of rotatable bonds is 6. The number of methoxy groups -OCH3 is 1. The van der Waals surface area contributed by atoms with Crippen LogP contribution in [0, 0.1) is 0 Å². The van der Waals surface area contributed by atoms with Gasteiger partial charge in [-0.05, 0) is 12.5 Å². The second-order valence-electron chi connectivity index (χ2n) is 3.55. The molecule has 0 aliphatic rings. The predicted octanol–water partition coefficient (Wildman–Crippen LogP) is 1.25. The van der Waals surface area contributed by atoms with Gasteiger partial charge in [0.25, 0.3) is 0 Å². The van der Waals surface area contributed by atoms with E-state index in [9.17, 15) is 0 Å². The number of anilines is 1. The first-order valence-electron chi connectivity index (χ1n) is 5.46. The van der Waals surface area contributed by atoms with Gasteiger partial charge in [0, 0.05) is 30.9 Å². The van der Waals surface area contributed by atoms with E-state index in [-0.39, 0.29) is 0 Å². The molecule has 0 aromatic carbocycles. The topological polar surface area (TPSA) is 75.7 Å². The molecule has 0 saturated heterocycles. The molecule has 17 heavy (non-hydrogen) atoms. The molecule has 0 fully saturated rings. The van der Waals surface area contributed by atoms with E-state index in [2.05, 4.69) is 25.5 Å². The van der Waals surface area contributed by atoms with Crippen molar-refractivity contribution in [1.29, 1.82) is 0 Å². The summed E-state index contributed by atoms with van der Waals surface area (Å²) in [6, 6.07) is 3.78. The first-order chi connectivity index (χ1) is 8.38. The lowest BCUT2D eigenvalue weighted by atomic mass is 10.3. The number of pyridine rings is 1. The van der Waals surface area contributed by atoms with E-state index in [1.165, 1.54) is 6.33 Å². The number of hydrogen-bond acceptors (Lipinski definition) is 5. The van der Waals surface area contributed by atoms with Gasteiger partial charge in [-0.15, -0.1) is 0 Å². The highest BCUT2D eigenvalue weighted by Gasteiger charge is 1.97. The maximum Gasteiger partial charge on any atom is 0.214 e. The van der Waals surface area contributed by atoms with Crippen molar-refractivity contribution in [2.45, 2.75) is 12.8 Å². The molecular formula is C11H15N5O. The molecule has 0 radical (unpaired) electrons. The third kappa shape index (κ3) is 3.44. The lowest BCUT2D eigenvalue weighted by Gasteiger charge is -2.06. The standard InChI is InChI=1S/C11H15N5O/c1-17-11-7-9(4-6-13-11)12-5-2-3-10-14-8-15-16-10/h4,6-8H,2-3,5H2,1H3,(H,12,13)(H,14,15,16). The van der Waals surface area contributed by atoms with Crippen molar-refractivity contribution in [3.63, 3.8) is 0 Å². The smallest absolute Gasteiger partial charge is 0.214 e. The summed E-state index contributed by atoms with van der Waals surface area (Å²) in [5.74, 6) is 1.53. The van der Waals surface area contributed by atoms with Crippen LogP contribution < -0.4 is 10.1 Å². The summed E-state index contributed by atoms with van der Waals surface area (Å²) in [5.41, 5.74) is 1.01. The monoisotopic (exact) mass is 233 g/mol. The highest BCUT2D eigenvalue weighted by atomic mass is 16.5. The molecule has 0 aliphatic heterocycles. The number of nitrogens with one attached hydrogen (secondary N) is 2. The van der Waals surface area contributed by atoms with Crippen molar-refractivity contribution in [2.75, 3.05) is 19.0 Å². The summed E-state index contributed by atoms with van der Waals surface area (Å²) in [6.07, 6.45) is 5.11. The van der Waals surface area contributed by atoms with Crippen LogP contribution in [0.15, 0.2) is 24.7 Å². The Morgan fingerprint density at radius 1 is 1.41 bits per heavy atom. The van der Waals surface area contributed by atoms with Crippen molar-refractivity contribution in [3.05, 3.63) is 30.5 Å². The van der Waals surface area contributed by atoms with Gasteiger partial charge in [-0.25, -0.2) is 9.97 Å². The Bertz CT molecular complexity index is 443. The van der Waals surface area contributed by atoms with Crippen molar-refractivity contribution >= 4 is 5.69 Å². The maximum absolute atomic E-state index is 5.05. The highest BCUT2D eigenvalue weighted by Crippen LogP contribution is 2.13. The molecule has 0 spiro atoms.